The van der Waals surface area contributed by atoms with Crippen LogP contribution in [0.4, 0.5) is 4.39 Å². The number of hydrogen-bond acceptors (Lipinski definition) is 3. The van der Waals surface area contributed by atoms with Gasteiger partial charge in [-0.05, 0) is 36.2 Å². The summed E-state index contributed by atoms with van der Waals surface area (Å²) in [5, 5.41) is 0. The molecule has 0 saturated carbocycles. The van der Waals surface area contributed by atoms with Gasteiger partial charge in [0.15, 0.2) is 0 Å². The topological polar surface area (TPSA) is 44.5 Å². The molecule has 1 aliphatic heterocycles. The van der Waals surface area contributed by atoms with Crippen molar-refractivity contribution in [3.05, 3.63) is 58.9 Å². The van der Waals surface area contributed by atoms with Gasteiger partial charge >= 0.3 is 0 Å². The highest BCUT2D eigenvalue weighted by Crippen LogP contribution is 2.40. The quantitative estimate of drug-likeness (QED) is 0.916. The zero-order valence-corrected chi connectivity index (χ0v) is 12.1. The zero-order chi connectivity index (χ0) is 15.0. The van der Waals surface area contributed by atoms with E-state index in [1.807, 2.05) is 25.1 Å². The Hall–Kier alpha value is -2.07. The molecule has 0 saturated heterocycles. The molecule has 21 heavy (non-hydrogen) atoms. The largest absolute Gasteiger partial charge is 0.496 e. The summed E-state index contributed by atoms with van der Waals surface area (Å²) in [4.78, 5) is 0. The predicted octanol–water partition coefficient (Wildman–Crippen LogP) is 3.67. The molecular weight excluding hydrogens is 269 g/mol. The number of methoxy groups -OCH3 is 1. The first-order valence-corrected chi connectivity index (χ1v) is 6.94. The molecule has 0 aromatic heterocycles. The van der Waals surface area contributed by atoms with Crippen LogP contribution in [0.2, 0.25) is 0 Å². The van der Waals surface area contributed by atoms with Crippen LogP contribution in [0.3, 0.4) is 0 Å². The van der Waals surface area contributed by atoms with Gasteiger partial charge in [0.2, 0.25) is 0 Å². The summed E-state index contributed by atoms with van der Waals surface area (Å²) in [7, 11) is 1.65. The number of benzene rings is 2. The number of ether oxygens (including phenoxy) is 2. The average Bonchev–Trinajstić information content (AvgIpc) is 2.46. The molecule has 0 spiro atoms. The van der Waals surface area contributed by atoms with Gasteiger partial charge in [-0.25, -0.2) is 4.39 Å². The van der Waals surface area contributed by atoms with Gasteiger partial charge in [0.05, 0.1) is 7.11 Å². The Kier molecular flexibility index (Phi) is 3.55. The molecule has 1 aliphatic rings. The van der Waals surface area contributed by atoms with E-state index in [0.717, 1.165) is 22.4 Å². The minimum Gasteiger partial charge on any atom is -0.496 e. The van der Waals surface area contributed by atoms with Crippen molar-refractivity contribution in [2.75, 3.05) is 7.11 Å². The second-order valence-electron chi connectivity index (χ2n) is 5.36. The van der Waals surface area contributed by atoms with Crippen LogP contribution in [0.25, 0.3) is 0 Å². The van der Waals surface area contributed by atoms with Crippen molar-refractivity contribution in [1.82, 2.24) is 0 Å². The SMILES string of the molecule is COc1ccc(C2CC(N)c3ccc(F)cc3O2)cc1C. The van der Waals surface area contributed by atoms with E-state index in [2.05, 4.69) is 0 Å². The number of hydrogen-bond donors (Lipinski definition) is 1. The number of fused-ring (bicyclic) bond motifs is 1. The Balaban J connectivity index is 1.93. The highest BCUT2D eigenvalue weighted by Gasteiger charge is 2.27. The third kappa shape index (κ3) is 2.59. The molecule has 3 nitrogen and oxygen atoms in total. The number of rotatable bonds is 2. The summed E-state index contributed by atoms with van der Waals surface area (Å²) in [6.45, 7) is 1.98. The summed E-state index contributed by atoms with van der Waals surface area (Å²) in [5.41, 5.74) is 9.12. The molecule has 0 bridgehead atoms. The molecule has 110 valence electrons. The molecule has 4 heteroatoms. The Morgan fingerprint density at radius 1 is 1.24 bits per heavy atom. The average molecular weight is 287 g/mol. The summed E-state index contributed by atoms with van der Waals surface area (Å²) in [6, 6.07) is 10.3. The Labute approximate surface area is 123 Å². The maximum absolute atomic E-state index is 13.4. The van der Waals surface area contributed by atoms with Crippen molar-refractivity contribution in [3.8, 4) is 11.5 Å². The molecule has 2 unspecified atom stereocenters. The van der Waals surface area contributed by atoms with E-state index >= 15 is 0 Å². The van der Waals surface area contributed by atoms with Gasteiger partial charge in [0, 0.05) is 24.1 Å². The van der Waals surface area contributed by atoms with Crippen LogP contribution >= 0.6 is 0 Å². The molecule has 2 atom stereocenters. The number of aryl methyl sites for hydroxylation is 1. The van der Waals surface area contributed by atoms with E-state index < -0.39 is 0 Å². The minimum atomic E-state index is -0.312. The van der Waals surface area contributed by atoms with Crippen molar-refractivity contribution >= 4 is 0 Å². The first kappa shape index (κ1) is 13.9. The molecule has 0 fully saturated rings. The van der Waals surface area contributed by atoms with Crippen molar-refractivity contribution in [3.63, 3.8) is 0 Å². The summed E-state index contributed by atoms with van der Waals surface area (Å²) in [6.07, 6.45) is 0.503. The fourth-order valence-corrected chi connectivity index (χ4v) is 2.78. The Morgan fingerprint density at radius 3 is 2.76 bits per heavy atom. The minimum absolute atomic E-state index is 0.151. The van der Waals surface area contributed by atoms with Crippen LogP contribution < -0.4 is 15.2 Å². The van der Waals surface area contributed by atoms with Gasteiger partial charge in [0.25, 0.3) is 0 Å². The second kappa shape index (κ2) is 5.37. The monoisotopic (exact) mass is 287 g/mol. The molecule has 0 aliphatic carbocycles. The zero-order valence-electron chi connectivity index (χ0n) is 12.1. The third-order valence-electron chi connectivity index (χ3n) is 3.90. The lowest BCUT2D eigenvalue weighted by molar-refractivity contribution is 0.160. The first-order valence-electron chi connectivity index (χ1n) is 6.94. The van der Waals surface area contributed by atoms with E-state index in [0.29, 0.717) is 12.2 Å². The molecular formula is C17H18FNO2. The predicted molar refractivity (Wildman–Crippen MR) is 79.0 cm³/mol. The van der Waals surface area contributed by atoms with Gasteiger partial charge < -0.3 is 15.2 Å². The van der Waals surface area contributed by atoms with Crippen LogP contribution in [0, 0.1) is 12.7 Å². The molecule has 2 N–H and O–H groups in total. The maximum Gasteiger partial charge on any atom is 0.127 e. The van der Waals surface area contributed by atoms with Gasteiger partial charge in [-0.3, -0.25) is 0 Å². The van der Waals surface area contributed by atoms with Gasteiger partial charge in [-0.15, -0.1) is 0 Å². The Morgan fingerprint density at radius 2 is 2.05 bits per heavy atom. The van der Waals surface area contributed by atoms with E-state index in [1.165, 1.54) is 12.1 Å². The first-order chi connectivity index (χ1) is 10.1. The summed E-state index contributed by atoms with van der Waals surface area (Å²) >= 11 is 0. The van der Waals surface area contributed by atoms with Crippen LogP contribution in [-0.4, -0.2) is 7.11 Å². The molecule has 2 aromatic carbocycles. The standard InChI is InChI=1S/C17H18FNO2/c1-10-7-11(3-6-15(10)20-2)16-9-14(19)13-5-4-12(18)8-17(13)21-16/h3-8,14,16H,9,19H2,1-2H3. The fourth-order valence-electron chi connectivity index (χ4n) is 2.78. The molecule has 2 aromatic rings. The van der Waals surface area contributed by atoms with Crippen LogP contribution in [0.5, 0.6) is 11.5 Å². The van der Waals surface area contributed by atoms with E-state index in [9.17, 15) is 4.39 Å². The van der Waals surface area contributed by atoms with E-state index in [1.54, 1.807) is 13.2 Å². The molecule has 3 rings (SSSR count). The summed E-state index contributed by atoms with van der Waals surface area (Å²) in [5.74, 6) is 1.06. The highest BCUT2D eigenvalue weighted by molar-refractivity contribution is 5.42. The Bertz CT molecular complexity index is 672. The lowest BCUT2D eigenvalue weighted by atomic mass is 9.93. The van der Waals surface area contributed by atoms with Crippen LogP contribution in [-0.2, 0) is 0 Å². The lowest BCUT2D eigenvalue weighted by Crippen LogP contribution is -2.24. The molecule has 0 radical (unpaired) electrons. The smallest absolute Gasteiger partial charge is 0.127 e. The molecule has 0 amide bonds. The van der Waals surface area contributed by atoms with Gasteiger partial charge in [0.1, 0.15) is 23.4 Å². The lowest BCUT2D eigenvalue weighted by Gasteiger charge is -2.30. The van der Waals surface area contributed by atoms with E-state index in [-0.39, 0.29) is 18.0 Å². The number of halogens is 1. The van der Waals surface area contributed by atoms with Gasteiger partial charge in [-0.1, -0.05) is 12.1 Å². The van der Waals surface area contributed by atoms with Crippen molar-refractivity contribution in [2.24, 2.45) is 5.73 Å². The highest BCUT2D eigenvalue weighted by atomic mass is 19.1. The van der Waals surface area contributed by atoms with Crippen LogP contribution in [0.1, 0.15) is 35.3 Å². The van der Waals surface area contributed by atoms with Crippen molar-refractivity contribution in [2.45, 2.75) is 25.5 Å². The number of nitrogens with two attached hydrogens (primary N) is 1. The van der Waals surface area contributed by atoms with Gasteiger partial charge in [-0.2, -0.15) is 0 Å². The second-order valence-corrected chi connectivity index (χ2v) is 5.36. The maximum atomic E-state index is 13.4. The van der Waals surface area contributed by atoms with Crippen molar-refractivity contribution in [1.29, 1.82) is 0 Å². The van der Waals surface area contributed by atoms with Crippen molar-refractivity contribution < 1.29 is 13.9 Å². The summed E-state index contributed by atoms with van der Waals surface area (Å²) < 4.78 is 24.6. The fraction of sp³-hybridized carbons (Fsp3) is 0.294. The van der Waals surface area contributed by atoms with Crippen LogP contribution in [0.15, 0.2) is 36.4 Å². The molecule has 1 heterocycles. The normalized spacial score (nSPS) is 20.6. The van der Waals surface area contributed by atoms with E-state index in [4.69, 9.17) is 15.2 Å². The third-order valence-corrected chi connectivity index (χ3v) is 3.90.